The van der Waals surface area contributed by atoms with E-state index in [1.54, 1.807) is 36.3 Å². The summed E-state index contributed by atoms with van der Waals surface area (Å²) in [5.41, 5.74) is 0.556. The standard InChI is InChI=1S/C21H27FN4O3/c1-25-15-17(14-24-25)21(28)23-13-16-7-9-26(10-8-16)20(27)6-3-11-29-19-5-2-4-18(22)12-19/h2,4-5,12,14-16H,3,6-11,13H2,1H3,(H,23,28). The highest BCUT2D eigenvalue weighted by Gasteiger charge is 2.23. The molecule has 1 N–H and O–H groups in total. The van der Waals surface area contributed by atoms with Crippen LogP contribution in [0.4, 0.5) is 4.39 Å². The van der Waals surface area contributed by atoms with Crippen molar-refractivity contribution in [3.05, 3.63) is 48.0 Å². The van der Waals surface area contributed by atoms with Gasteiger partial charge < -0.3 is 15.0 Å². The van der Waals surface area contributed by atoms with Gasteiger partial charge in [0.25, 0.3) is 5.91 Å². The summed E-state index contributed by atoms with van der Waals surface area (Å²) in [6, 6.07) is 5.99. The predicted octanol–water partition coefficient (Wildman–Crippen LogP) is 2.39. The molecule has 0 radical (unpaired) electrons. The number of hydrogen-bond acceptors (Lipinski definition) is 4. The quantitative estimate of drug-likeness (QED) is 0.688. The Labute approximate surface area is 169 Å². The second kappa shape index (κ2) is 10.0. The molecule has 0 saturated carbocycles. The van der Waals surface area contributed by atoms with Crippen molar-refractivity contribution in [3.8, 4) is 5.75 Å². The Balaban J connectivity index is 1.30. The van der Waals surface area contributed by atoms with Crippen molar-refractivity contribution < 1.29 is 18.7 Å². The maximum Gasteiger partial charge on any atom is 0.254 e. The van der Waals surface area contributed by atoms with Gasteiger partial charge in [-0.3, -0.25) is 14.3 Å². The van der Waals surface area contributed by atoms with Gasteiger partial charge in [0.1, 0.15) is 11.6 Å². The summed E-state index contributed by atoms with van der Waals surface area (Å²) >= 11 is 0. The number of aryl methyl sites for hydroxylation is 1. The number of carbonyl (C=O) groups excluding carboxylic acids is 2. The van der Waals surface area contributed by atoms with E-state index in [1.807, 2.05) is 4.90 Å². The van der Waals surface area contributed by atoms with Crippen LogP contribution in [0.3, 0.4) is 0 Å². The molecule has 0 atom stereocenters. The summed E-state index contributed by atoms with van der Waals surface area (Å²) in [5.74, 6) is 0.515. The van der Waals surface area contributed by atoms with Crippen molar-refractivity contribution in [3.63, 3.8) is 0 Å². The Morgan fingerprint density at radius 1 is 1.31 bits per heavy atom. The van der Waals surface area contributed by atoms with E-state index in [0.717, 1.165) is 12.8 Å². The zero-order valence-electron chi connectivity index (χ0n) is 16.6. The van der Waals surface area contributed by atoms with Gasteiger partial charge in [-0.2, -0.15) is 5.10 Å². The first kappa shape index (κ1) is 20.8. The van der Waals surface area contributed by atoms with Gasteiger partial charge >= 0.3 is 0 Å². The third-order valence-electron chi connectivity index (χ3n) is 5.09. The van der Waals surface area contributed by atoms with Crippen LogP contribution in [0.15, 0.2) is 36.7 Å². The van der Waals surface area contributed by atoms with Gasteiger partial charge in [0.05, 0.1) is 18.4 Å². The first-order valence-corrected chi connectivity index (χ1v) is 9.94. The third-order valence-corrected chi connectivity index (χ3v) is 5.09. The Bertz CT molecular complexity index is 831. The highest BCUT2D eigenvalue weighted by molar-refractivity contribution is 5.93. The van der Waals surface area contributed by atoms with E-state index in [9.17, 15) is 14.0 Å². The molecule has 0 unspecified atom stereocenters. The van der Waals surface area contributed by atoms with E-state index in [0.29, 0.717) is 56.3 Å². The topological polar surface area (TPSA) is 76.5 Å². The number of ether oxygens (including phenoxy) is 1. The molecular formula is C21H27FN4O3. The van der Waals surface area contributed by atoms with Gasteiger partial charge in [-0.25, -0.2) is 4.39 Å². The van der Waals surface area contributed by atoms with Crippen molar-refractivity contribution in [2.45, 2.75) is 25.7 Å². The summed E-state index contributed by atoms with van der Waals surface area (Å²) in [6.07, 6.45) is 6.00. The Morgan fingerprint density at radius 2 is 2.10 bits per heavy atom. The molecule has 1 aliphatic heterocycles. The van der Waals surface area contributed by atoms with Crippen LogP contribution in [0.5, 0.6) is 5.75 Å². The molecular weight excluding hydrogens is 375 g/mol. The van der Waals surface area contributed by atoms with Crippen LogP contribution < -0.4 is 10.1 Å². The lowest BCUT2D eigenvalue weighted by molar-refractivity contribution is -0.132. The molecule has 2 heterocycles. The number of nitrogens with zero attached hydrogens (tertiary/aromatic N) is 3. The highest BCUT2D eigenvalue weighted by Crippen LogP contribution is 2.18. The van der Waals surface area contributed by atoms with E-state index in [1.165, 1.54) is 12.1 Å². The fourth-order valence-corrected chi connectivity index (χ4v) is 3.39. The van der Waals surface area contributed by atoms with Crippen LogP contribution in [0.1, 0.15) is 36.0 Å². The number of aromatic nitrogens is 2. The minimum atomic E-state index is -0.335. The van der Waals surface area contributed by atoms with E-state index in [4.69, 9.17) is 4.74 Å². The molecule has 156 valence electrons. The fraction of sp³-hybridized carbons (Fsp3) is 0.476. The minimum absolute atomic E-state index is 0.116. The van der Waals surface area contributed by atoms with Crippen molar-refractivity contribution in [1.82, 2.24) is 20.0 Å². The van der Waals surface area contributed by atoms with E-state index < -0.39 is 0 Å². The first-order chi connectivity index (χ1) is 14.0. The largest absolute Gasteiger partial charge is 0.493 e. The molecule has 29 heavy (non-hydrogen) atoms. The first-order valence-electron chi connectivity index (χ1n) is 9.94. The smallest absolute Gasteiger partial charge is 0.254 e. The van der Waals surface area contributed by atoms with E-state index in [2.05, 4.69) is 10.4 Å². The number of hydrogen-bond donors (Lipinski definition) is 1. The lowest BCUT2D eigenvalue weighted by Gasteiger charge is -2.32. The molecule has 1 saturated heterocycles. The van der Waals surface area contributed by atoms with Crippen LogP contribution >= 0.6 is 0 Å². The van der Waals surface area contributed by atoms with Crippen molar-refractivity contribution in [2.24, 2.45) is 13.0 Å². The summed E-state index contributed by atoms with van der Waals surface area (Å²) < 4.78 is 20.2. The molecule has 7 nitrogen and oxygen atoms in total. The SMILES string of the molecule is Cn1cc(C(=O)NCC2CCN(C(=O)CCCOc3cccc(F)c3)CC2)cn1. The Hall–Kier alpha value is -2.90. The summed E-state index contributed by atoms with van der Waals surface area (Å²) in [5, 5.41) is 6.95. The molecule has 8 heteroatoms. The number of nitrogens with one attached hydrogen (secondary N) is 1. The molecule has 0 aliphatic carbocycles. The number of piperidine rings is 1. The summed E-state index contributed by atoms with van der Waals surface area (Å²) in [4.78, 5) is 26.3. The summed E-state index contributed by atoms with van der Waals surface area (Å²) in [6.45, 7) is 2.40. The van der Waals surface area contributed by atoms with Crippen LogP contribution in [0.2, 0.25) is 0 Å². The van der Waals surface area contributed by atoms with Crippen LogP contribution in [-0.2, 0) is 11.8 Å². The molecule has 1 aliphatic rings. The highest BCUT2D eigenvalue weighted by atomic mass is 19.1. The molecule has 1 aromatic heterocycles. The average Bonchev–Trinajstić information content (AvgIpc) is 3.16. The number of carbonyl (C=O) groups is 2. The molecule has 0 spiro atoms. The van der Waals surface area contributed by atoms with E-state index in [-0.39, 0.29) is 17.6 Å². The second-order valence-corrected chi connectivity index (χ2v) is 7.35. The summed E-state index contributed by atoms with van der Waals surface area (Å²) in [7, 11) is 1.77. The molecule has 2 amide bonds. The zero-order valence-corrected chi connectivity index (χ0v) is 16.6. The minimum Gasteiger partial charge on any atom is -0.493 e. The normalized spacial score (nSPS) is 14.6. The van der Waals surface area contributed by atoms with Gasteiger partial charge in [-0.1, -0.05) is 6.07 Å². The molecule has 1 fully saturated rings. The number of likely N-dealkylation sites (tertiary alicyclic amines) is 1. The average molecular weight is 402 g/mol. The lowest BCUT2D eigenvalue weighted by atomic mass is 9.96. The van der Waals surface area contributed by atoms with Gasteiger partial charge in [0.15, 0.2) is 0 Å². The maximum absolute atomic E-state index is 13.1. The lowest BCUT2D eigenvalue weighted by Crippen LogP contribution is -2.41. The molecule has 0 bridgehead atoms. The van der Waals surface area contributed by atoms with Crippen LogP contribution in [0, 0.1) is 11.7 Å². The van der Waals surface area contributed by atoms with Crippen molar-refractivity contribution in [1.29, 1.82) is 0 Å². The molecule has 2 aromatic rings. The number of benzene rings is 1. The number of rotatable bonds is 8. The van der Waals surface area contributed by atoms with Gasteiger partial charge in [-0.05, 0) is 37.3 Å². The Kier molecular flexibility index (Phi) is 7.21. The van der Waals surface area contributed by atoms with Gasteiger partial charge in [-0.15, -0.1) is 0 Å². The van der Waals surface area contributed by atoms with E-state index >= 15 is 0 Å². The Morgan fingerprint density at radius 3 is 2.79 bits per heavy atom. The number of halogens is 1. The van der Waals surface area contributed by atoms with Crippen molar-refractivity contribution >= 4 is 11.8 Å². The van der Waals surface area contributed by atoms with Crippen LogP contribution in [0.25, 0.3) is 0 Å². The molecule has 1 aromatic carbocycles. The number of amides is 2. The van der Waals surface area contributed by atoms with Gasteiger partial charge in [0.2, 0.25) is 5.91 Å². The zero-order chi connectivity index (χ0) is 20.6. The fourth-order valence-electron chi connectivity index (χ4n) is 3.39. The van der Waals surface area contributed by atoms with Crippen molar-refractivity contribution in [2.75, 3.05) is 26.2 Å². The van der Waals surface area contributed by atoms with Crippen LogP contribution in [-0.4, -0.2) is 52.7 Å². The van der Waals surface area contributed by atoms with Gasteiger partial charge in [0, 0.05) is 45.4 Å². The molecule has 3 rings (SSSR count). The second-order valence-electron chi connectivity index (χ2n) is 7.35. The predicted molar refractivity (Wildman–Crippen MR) is 106 cm³/mol. The maximum atomic E-state index is 13.1. The third kappa shape index (κ3) is 6.30. The monoisotopic (exact) mass is 402 g/mol.